The molecule has 2 rings (SSSR count). The summed E-state index contributed by atoms with van der Waals surface area (Å²) in [7, 11) is 1.82. The van der Waals surface area contributed by atoms with Crippen molar-refractivity contribution in [2.75, 3.05) is 63.2 Å². The Morgan fingerprint density at radius 3 is 2.73 bits per heavy atom. The average molecular weight is 379 g/mol. The highest BCUT2D eigenvalue weighted by molar-refractivity contribution is 7.98. The SMILES string of the molecule is CCN1CCN(c2cc(CNC(=NC)NCCCCSC)ccn2)CC1. The lowest BCUT2D eigenvalue weighted by molar-refractivity contribution is 0.270. The van der Waals surface area contributed by atoms with Crippen LogP contribution in [0.1, 0.15) is 25.3 Å². The van der Waals surface area contributed by atoms with E-state index in [-0.39, 0.29) is 0 Å². The van der Waals surface area contributed by atoms with Crippen LogP contribution in [0.3, 0.4) is 0 Å². The van der Waals surface area contributed by atoms with Gasteiger partial charge in [0.2, 0.25) is 0 Å². The Bertz CT molecular complexity index is 543. The van der Waals surface area contributed by atoms with Crippen molar-refractivity contribution < 1.29 is 0 Å². The van der Waals surface area contributed by atoms with Crippen LogP contribution in [0.4, 0.5) is 5.82 Å². The largest absolute Gasteiger partial charge is 0.356 e. The molecule has 0 atom stereocenters. The molecule has 1 fully saturated rings. The van der Waals surface area contributed by atoms with E-state index in [1.807, 2.05) is 25.0 Å². The lowest BCUT2D eigenvalue weighted by Crippen LogP contribution is -2.46. The monoisotopic (exact) mass is 378 g/mol. The van der Waals surface area contributed by atoms with Gasteiger partial charge in [-0.25, -0.2) is 4.98 Å². The number of thioether (sulfide) groups is 1. The summed E-state index contributed by atoms with van der Waals surface area (Å²) >= 11 is 1.90. The second kappa shape index (κ2) is 12.0. The Morgan fingerprint density at radius 2 is 2.04 bits per heavy atom. The molecule has 146 valence electrons. The number of aromatic nitrogens is 1. The molecule has 7 heteroatoms. The minimum Gasteiger partial charge on any atom is -0.356 e. The van der Waals surface area contributed by atoms with E-state index in [2.05, 4.69) is 55.7 Å². The minimum atomic E-state index is 0.759. The first-order valence-electron chi connectivity index (χ1n) is 9.62. The fourth-order valence-corrected chi connectivity index (χ4v) is 3.51. The second-order valence-corrected chi connectivity index (χ2v) is 7.48. The molecule has 0 aromatic carbocycles. The van der Waals surface area contributed by atoms with Gasteiger partial charge >= 0.3 is 0 Å². The van der Waals surface area contributed by atoms with Gasteiger partial charge in [-0.1, -0.05) is 6.92 Å². The number of likely N-dealkylation sites (N-methyl/N-ethyl adjacent to an activating group) is 1. The first-order chi connectivity index (χ1) is 12.8. The number of anilines is 1. The number of guanidine groups is 1. The maximum atomic E-state index is 4.57. The van der Waals surface area contributed by atoms with E-state index in [1.165, 1.54) is 24.2 Å². The van der Waals surface area contributed by atoms with Crippen molar-refractivity contribution in [1.29, 1.82) is 0 Å². The summed E-state index contributed by atoms with van der Waals surface area (Å²) in [6, 6.07) is 4.27. The zero-order chi connectivity index (χ0) is 18.6. The molecule has 1 aromatic rings. The molecule has 6 nitrogen and oxygen atoms in total. The molecular formula is C19H34N6S. The number of hydrogen-bond donors (Lipinski definition) is 2. The maximum Gasteiger partial charge on any atom is 0.191 e. The van der Waals surface area contributed by atoms with E-state index in [1.54, 1.807) is 0 Å². The highest BCUT2D eigenvalue weighted by atomic mass is 32.2. The molecule has 26 heavy (non-hydrogen) atoms. The Hall–Kier alpha value is -1.47. The van der Waals surface area contributed by atoms with Crippen molar-refractivity contribution >= 4 is 23.5 Å². The molecule has 0 bridgehead atoms. The van der Waals surface area contributed by atoms with Gasteiger partial charge in [0.1, 0.15) is 5.82 Å². The zero-order valence-corrected chi connectivity index (χ0v) is 17.3. The minimum absolute atomic E-state index is 0.759. The molecular weight excluding hydrogens is 344 g/mol. The number of hydrogen-bond acceptors (Lipinski definition) is 5. The van der Waals surface area contributed by atoms with Crippen molar-refractivity contribution in [3.05, 3.63) is 23.9 Å². The third-order valence-corrected chi connectivity index (χ3v) is 5.40. The van der Waals surface area contributed by atoms with Gasteiger partial charge in [-0.15, -0.1) is 0 Å². The highest BCUT2D eigenvalue weighted by Crippen LogP contribution is 2.15. The molecule has 1 aliphatic rings. The van der Waals surface area contributed by atoms with Crippen LogP contribution >= 0.6 is 11.8 Å². The number of nitrogens with one attached hydrogen (secondary N) is 2. The van der Waals surface area contributed by atoms with Crippen LogP contribution in [-0.4, -0.2) is 74.2 Å². The summed E-state index contributed by atoms with van der Waals surface area (Å²) in [6.07, 6.45) is 6.48. The molecule has 1 saturated heterocycles. The van der Waals surface area contributed by atoms with Crippen LogP contribution < -0.4 is 15.5 Å². The predicted octanol–water partition coefficient (Wildman–Crippen LogP) is 2.03. The summed E-state index contributed by atoms with van der Waals surface area (Å²) in [6.45, 7) is 9.42. The third-order valence-electron chi connectivity index (χ3n) is 4.70. The topological polar surface area (TPSA) is 55.8 Å². The van der Waals surface area contributed by atoms with Crippen LogP contribution in [0.5, 0.6) is 0 Å². The lowest BCUT2D eigenvalue weighted by Gasteiger charge is -2.34. The zero-order valence-electron chi connectivity index (χ0n) is 16.5. The lowest BCUT2D eigenvalue weighted by atomic mass is 10.2. The molecule has 2 heterocycles. The van der Waals surface area contributed by atoms with Crippen LogP contribution in [0.2, 0.25) is 0 Å². The Morgan fingerprint density at radius 1 is 1.23 bits per heavy atom. The van der Waals surface area contributed by atoms with Crippen molar-refractivity contribution in [1.82, 2.24) is 20.5 Å². The smallest absolute Gasteiger partial charge is 0.191 e. The van der Waals surface area contributed by atoms with Gasteiger partial charge in [0, 0.05) is 52.5 Å². The quantitative estimate of drug-likeness (QED) is 0.390. The molecule has 1 aromatic heterocycles. The first-order valence-corrected chi connectivity index (χ1v) is 11.0. The van der Waals surface area contributed by atoms with Crippen molar-refractivity contribution in [3.63, 3.8) is 0 Å². The maximum absolute atomic E-state index is 4.57. The number of nitrogens with zero attached hydrogens (tertiary/aromatic N) is 4. The van der Waals surface area contributed by atoms with Crippen molar-refractivity contribution in [2.45, 2.75) is 26.3 Å². The molecule has 2 N–H and O–H groups in total. The summed E-state index contributed by atoms with van der Waals surface area (Å²) in [5.74, 6) is 3.17. The van der Waals surface area contributed by atoms with E-state index in [9.17, 15) is 0 Å². The Kier molecular flexibility index (Phi) is 9.63. The van der Waals surface area contributed by atoms with Crippen LogP contribution in [0, 0.1) is 0 Å². The highest BCUT2D eigenvalue weighted by Gasteiger charge is 2.16. The van der Waals surface area contributed by atoms with E-state index in [0.717, 1.165) is 57.6 Å². The Labute approximate surface area is 162 Å². The van der Waals surface area contributed by atoms with Crippen LogP contribution in [-0.2, 0) is 6.54 Å². The van der Waals surface area contributed by atoms with E-state index in [4.69, 9.17) is 0 Å². The molecule has 0 aliphatic carbocycles. The number of pyridine rings is 1. The van der Waals surface area contributed by atoms with Crippen molar-refractivity contribution in [3.8, 4) is 0 Å². The summed E-state index contributed by atoms with van der Waals surface area (Å²) in [4.78, 5) is 13.7. The molecule has 0 unspecified atom stereocenters. The average Bonchev–Trinajstić information content (AvgIpc) is 2.70. The van der Waals surface area contributed by atoms with Gasteiger partial charge in [0.05, 0.1) is 0 Å². The number of piperazine rings is 1. The second-order valence-electron chi connectivity index (χ2n) is 6.50. The molecule has 0 spiro atoms. The van der Waals surface area contributed by atoms with Gasteiger partial charge < -0.3 is 20.4 Å². The van der Waals surface area contributed by atoms with Crippen LogP contribution in [0.25, 0.3) is 0 Å². The summed E-state index contributed by atoms with van der Waals surface area (Å²) < 4.78 is 0. The molecule has 0 radical (unpaired) electrons. The van der Waals surface area contributed by atoms with Gasteiger partial charge in [0.15, 0.2) is 5.96 Å². The summed E-state index contributed by atoms with van der Waals surface area (Å²) in [5.41, 5.74) is 1.23. The molecule has 0 saturated carbocycles. The first kappa shape index (κ1) is 20.8. The number of unbranched alkanes of at least 4 members (excludes halogenated alkanes) is 1. The number of rotatable bonds is 9. The fraction of sp³-hybridized carbons (Fsp3) is 0.684. The predicted molar refractivity (Wildman–Crippen MR) is 114 cm³/mol. The molecule has 1 aliphatic heterocycles. The number of aliphatic imine (C=N–C) groups is 1. The normalized spacial score (nSPS) is 16.0. The van der Waals surface area contributed by atoms with Crippen LogP contribution in [0.15, 0.2) is 23.3 Å². The van der Waals surface area contributed by atoms with E-state index < -0.39 is 0 Å². The fourth-order valence-electron chi connectivity index (χ4n) is 3.02. The van der Waals surface area contributed by atoms with Gasteiger partial charge in [0.25, 0.3) is 0 Å². The van der Waals surface area contributed by atoms with E-state index in [0.29, 0.717) is 0 Å². The standard InChI is InChI=1S/C19H34N6S/c1-4-24-10-12-25(13-11-24)18-15-17(7-9-21-18)16-23-19(20-2)22-8-5-6-14-26-3/h7,9,15H,4-6,8,10-14,16H2,1-3H3,(H2,20,22,23). The third kappa shape index (κ3) is 7.03. The van der Waals surface area contributed by atoms with E-state index >= 15 is 0 Å². The summed E-state index contributed by atoms with van der Waals surface area (Å²) in [5, 5.41) is 6.79. The van der Waals surface area contributed by atoms with Gasteiger partial charge in [-0.05, 0) is 49.1 Å². The van der Waals surface area contributed by atoms with Gasteiger partial charge in [-0.2, -0.15) is 11.8 Å². The van der Waals surface area contributed by atoms with Gasteiger partial charge in [-0.3, -0.25) is 4.99 Å². The molecule has 0 amide bonds. The Balaban J connectivity index is 1.78. The van der Waals surface area contributed by atoms with Crippen molar-refractivity contribution in [2.24, 2.45) is 4.99 Å².